The third kappa shape index (κ3) is 3.05. The zero-order chi connectivity index (χ0) is 17.2. The molecule has 4 rings (SSSR count). The van der Waals surface area contributed by atoms with Crippen LogP contribution < -0.4 is 10.9 Å². The molecule has 1 saturated carbocycles. The molecule has 0 atom stereocenters. The summed E-state index contributed by atoms with van der Waals surface area (Å²) >= 11 is 0. The molecule has 1 amide bonds. The van der Waals surface area contributed by atoms with Crippen molar-refractivity contribution in [1.29, 1.82) is 0 Å². The second-order valence-corrected chi connectivity index (χ2v) is 6.34. The maximum absolute atomic E-state index is 12.5. The number of hydrogen-bond acceptors (Lipinski definition) is 4. The number of anilines is 1. The summed E-state index contributed by atoms with van der Waals surface area (Å²) in [7, 11) is 0. The summed E-state index contributed by atoms with van der Waals surface area (Å²) in [5, 5.41) is 7.71. The van der Waals surface area contributed by atoms with Gasteiger partial charge in [-0.3, -0.25) is 14.2 Å². The van der Waals surface area contributed by atoms with E-state index < -0.39 is 0 Å². The maximum Gasteiger partial charge on any atom is 0.261 e. The summed E-state index contributed by atoms with van der Waals surface area (Å²) < 4.78 is 3.21. The number of carbonyl (C=O) groups excluding carboxylic acids is 1. The van der Waals surface area contributed by atoms with Gasteiger partial charge < -0.3 is 5.32 Å². The number of aromatic nitrogens is 4. The van der Waals surface area contributed by atoms with Crippen LogP contribution in [0.4, 0.5) is 5.82 Å². The normalized spacial score (nSPS) is 14.9. The largest absolute Gasteiger partial charge is 0.309 e. The van der Waals surface area contributed by atoms with Crippen molar-refractivity contribution in [2.24, 2.45) is 0 Å². The summed E-state index contributed by atoms with van der Waals surface area (Å²) in [6, 6.07) is 9.24. The molecule has 0 bridgehead atoms. The lowest BCUT2D eigenvalue weighted by Crippen LogP contribution is -2.28. The van der Waals surface area contributed by atoms with Crippen LogP contribution in [0.2, 0.25) is 0 Å². The molecule has 7 heteroatoms. The quantitative estimate of drug-likeness (QED) is 0.792. The van der Waals surface area contributed by atoms with Crippen molar-refractivity contribution in [3.63, 3.8) is 0 Å². The second-order valence-electron chi connectivity index (χ2n) is 6.34. The Kier molecular flexibility index (Phi) is 4.05. The topological polar surface area (TPSA) is 81.8 Å². The van der Waals surface area contributed by atoms with E-state index in [-0.39, 0.29) is 18.0 Å². The predicted molar refractivity (Wildman–Crippen MR) is 94.4 cm³/mol. The van der Waals surface area contributed by atoms with Crippen molar-refractivity contribution < 1.29 is 4.79 Å². The highest BCUT2D eigenvalue weighted by atomic mass is 16.2. The number of amides is 1. The van der Waals surface area contributed by atoms with Crippen molar-refractivity contribution in [3.8, 4) is 0 Å². The lowest BCUT2D eigenvalue weighted by Gasteiger charge is -2.15. The first-order chi connectivity index (χ1) is 12.2. The third-order valence-corrected chi connectivity index (χ3v) is 4.65. The van der Waals surface area contributed by atoms with Crippen LogP contribution in [0.25, 0.3) is 10.9 Å². The van der Waals surface area contributed by atoms with Crippen molar-refractivity contribution in [2.45, 2.75) is 38.3 Å². The first-order valence-electron chi connectivity index (χ1n) is 8.50. The molecule has 7 nitrogen and oxygen atoms in total. The molecule has 1 fully saturated rings. The van der Waals surface area contributed by atoms with E-state index >= 15 is 0 Å². The minimum Gasteiger partial charge on any atom is -0.309 e. The number of carbonyl (C=O) groups is 1. The molecule has 0 radical (unpaired) electrons. The SMILES string of the molecule is O=C(Cn1cnc2ccccc2c1=O)Nc1ccnn1C1CCCC1. The monoisotopic (exact) mass is 337 g/mol. The third-order valence-electron chi connectivity index (χ3n) is 4.65. The van der Waals surface area contributed by atoms with Gasteiger partial charge in [-0.2, -0.15) is 5.10 Å². The van der Waals surface area contributed by atoms with Gasteiger partial charge in [-0.05, 0) is 25.0 Å². The van der Waals surface area contributed by atoms with Gasteiger partial charge in [0.1, 0.15) is 12.4 Å². The van der Waals surface area contributed by atoms with E-state index in [9.17, 15) is 9.59 Å². The van der Waals surface area contributed by atoms with Gasteiger partial charge in [0.25, 0.3) is 5.56 Å². The van der Waals surface area contributed by atoms with E-state index in [0.29, 0.717) is 22.8 Å². The molecule has 3 aromatic rings. The minimum absolute atomic E-state index is 0.0769. The van der Waals surface area contributed by atoms with Crippen molar-refractivity contribution in [3.05, 3.63) is 53.2 Å². The first kappa shape index (κ1) is 15.6. The summed E-state index contributed by atoms with van der Waals surface area (Å²) in [6.45, 7) is -0.0769. The summed E-state index contributed by atoms with van der Waals surface area (Å²) in [6.07, 6.45) is 7.65. The van der Waals surface area contributed by atoms with Gasteiger partial charge in [0.05, 0.1) is 29.5 Å². The van der Waals surface area contributed by atoms with E-state index in [4.69, 9.17) is 0 Å². The standard InChI is InChI=1S/C18H19N5O2/c24-17(21-16-9-10-20-23(16)13-5-1-2-6-13)11-22-12-19-15-8-4-3-7-14(15)18(22)25/h3-4,7-10,12-13H,1-2,5-6,11H2,(H,21,24). The van der Waals surface area contributed by atoms with Gasteiger partial charge in [0, 0.05) is 6.07 Å². The van der Waals surface area contributed by atoms with E-state index in [0.717, 1.165) is 12.8 Å². The number of nitrogens with one attached hydrogen (secondary N) is 1. The van der Waals surface area contributed by atoms with Crippen LogP contribution in [0.15, 0.2) is 47.7 Å². The van der Waals surface area contributed by atoms with Crippen LogP contribution >= 0.6 is 0 Å². The van der Waals surface area contributed by atoms with Crippen molar-refractivity contribution in [1.82, 2.24) is 19.3 Å². The molecule has 25 heavy (non-hydrogen) atoms. The van der Waals surface area contributed by atoms with E-state index in [1.807, 2.05) is 10.7 Å². The van der Waals surface area contributed by atoms with Gasteiger partial charge in [-0.25, -0.2) is 9.67 Å². The number of fused-ring (bicyclic) bond motifs is 1. The van der Waals surface area contributed by atoms with Crippen molar-refractivity contribution in [2.75, 3.05) is 5.32 Å². The van der Waals surface area contributed by atoms with E-state index in [1.165, 1.54) is 23.7 Å². The zero-order valence-corrected chi connectivity index (χ0v) is 13.8. The van der Waals surface area contributed by atoms with Gasteiger partial charge in [0.15, 0.2) is 0 Å². The summed E-state index contributed by atoms with van der Waals surface area (Å²) in [5.41, 5.74) is 0.411. The zero-order valence-electron chi connectivity index (χ0n) is 13.8. The van der Waals surface area contributed by atoms with Crippen LogP contribution in [-0.2, 0) is 11.3 Å². The Balaban J connectivity index is 1.53. The molecule has 2 aromatic heterocycles. The van der Waals surface area contributed by atoms with Crippen LogP contribution in [-0.4, -0.2) is 25.2 Å². The molecule has 0 aliphatic heterocycles. The van der Waals surface area contributed by atoms with E-state index in [2.05, 4.69) is 15.4 Å². The van der Waals surface area contributed by atoms with Crippen molar-refractivity contribution >= 4 is 22.6 Å². The fraction of sp³-hybridized carbons (Fsp3) is 0.333. The minimum atomic E-state index is -0.265. The molecule has 128 valence electrons. The first-order valence-corrected chi connectivity index (χ1v) is 8.50. The number of rotatable bonds is 4. The Morgan fingerprint density at radius 2 is 2.00 bits per heavy atom. The second kappa shape index (κ2) is 6.51. The average molecular weight is 337 g/mol. The number of benzene rings is 1. The number of para-hydroxylation sites is 1. The molecule has 2 heterocycles. The van der Waals surface area contributed by atoms with Gasteiger partial charge >= 0.3 is 0 Å². The van der Waals surface area contributed by atoms with Crippen LogP contribution in [0.5, 0.6) is 0 Å². The lowest BCUT2D eigenvalue weighted by atomic mass is 10.2. The molecule has 1 N–H and O–H groups in total. The number of nitrogens with zero attached hydrogens (tertiary/aromatic N) is 4. The lowest BCUT2D eigenvalue weighted by molar-refractivity contribution is -0.116. The fourth-order valence-electron chi connectivity index (χ4n) is 3.41. The molecule has 1 aliphatic rings. The highest BCUT2D eigenvalue weighted by Crippen LogP contribution is 2.31. The molecule has 1 aliphatic carbocycles. The van der Waals surface area contributed by atoms with Gasteiger partial charge in [-0.1, -0.05) is 25.0 Å². The number of hydrogen-bond donors (Lipinski definition) is 1. The molecule has 0 unspecified atom stereocenters. The highest BCUT2D eigenvalue weighted by Gasteiger charge is 2.20. The molecule has 0 spiro atoms. The van der Waals surface area contributed by atoms with Gasteiger partial charge in [-0.15, -0.1) is 0 Å². The average Bonchev–Trinajstić information content (AvgIpc) is 3.29. The van der Waals surface area contributed by atoms with Crippen LogP contribution in [0.3, 0.4) is 0 Å². The maximum atomic E-state index is 12.5. The predicted octanol–water partition coefficient (Wildman–Crippen LogP) is 2.35. The molecular formula is C18H19N5O2. The van der Waals surface area contributed by atoms with Crippen LogP contribution in [0.1, 0.15) is 31.7 Å². The fourth-order valence-corrected chi connectivity index (χ4v) is 3.41. The highest BCUT2D eigenvalue weighted by molar-refractivity contribution is 5.90. The Morgan fingerprint density at radius 3 is 2.84 bits per heavy atom. The molecule has 1 aromatic carbocycles. The van der Waals surface area contributed by atoms with E-state index in [1.54, 1.807) is 30.5 Å². The van der Waals surface area contributed by atoms with Gasteiger partial charge in [0.2, 0.25) is 5.91 Å². The summed E-state index contributed by atoms with van der Waals surface area (Å²) in [4.78, 5) is 29.1. The Labute approximate surface area is 144 Å². The molecule has 0 saturated heterocycles. The summed E-state index contributed by atoms with van der Waals surface area (Å²) in [5.74, 6) is 0.414. The Hall–Kier alpha value is -2.96. The Bertz CT molecular complexity index is 969. The van der Waals surface area contributed by atoms with Crippen LogP contribution in [0, 0.1) is 0 Å². The molecular weight excluding hydrogens is 318 g/mol. The smallest absolute Gasteiger partial charge is 0.261 e. The Morgan fingerprint density at radius 1 is 1.20 bits per heavy atom.